The van der Waals surface area contributed by atoms with Crippen molar-refractivity contribution in [2.45, 2.75) is 27.2 Å². The maximum atomic E-state index is 12.3. The summed E-state index contributed by atoms with van der Waals surface area (Å²) in [5.74, 6) is 0.0710. The van der Waals surface area contributed by atoms with Crippen molar-refractivity contribution in [3.63, 3.8) is 0 Å². The molecule has 0 aliphatic carbocycles. The van der Waals surface area contributed by atoms with Crippen LogP contribution in [0.25, 0.3) is 16.9 Å². The Balaban J connectivity index is 0.000000758. The number of carbonyl (C=O) groups excluding carboxylic acids is 1. The van der Waals surface area contributed by atoms with Gasteiger partial charge in [-0.1, -0.05) is 35.9 Å². The molecular formula is C21H27N3O2. The van der Waals surface area contributed by atoms with Crippen LogP contribution < -0.4 is 0 Å². The first-order chi connectivity index (χ1) is 12.4. The number of aliphatic hydroxyl groups is 1. The SMILES string of the molecule is CCO.Cc1ccc(-c2nc3ccc(C)cn3c2CC(=O)N(C)C)cc1. The number of amides is 1. The maximum Gasteiger partial charge on any atom is 0.228 e. The average molecular weight is 353 g/mol. The first kappa shape index (κ1) is 19.7. The zero-order valence-electron chi connectivity index (χ0n) is 16.2. The fourth-order valence-electron chi connectivity index (χ4n) is 2.61. The number of hydrogen-bond donors (Lipinski definition) is 1. The highest BCUT2D eigenvalue weighted by Gasteiger charge is 2.18. The zero-order chi connectivity index (χ0) is 19.3. The van der Waals surface area contributed by atoms with E-state index in [1.54, 1.807) is 25.9 Å². The molecule has 0 atom stereocenters. The molecule has 2 aromatic heterocycles. The largest absolute Gasteiger partial charge is 0.397 e. The van der Waals surface area contributed by atoms with Gasteiger partial charge >= 0.3 is 0 Å². The van der Waals surface area contributed by atoms with Crippen LogP contribution in [0.4, 0.5) is 0 Å². The highest BCUT2D eigenvalue weighted by Crippen LogP contribution is 2.26. The summed E-state index contributed by atoms with van der Waals surface area (Å²) >= 11 is 0. The summed E-state index contributed by atoms with van der Waals surface area (Å²) in [5.41, 5.74) is 6.08. The summed E-state index contributed by atoms with van der Waals surface area (Å²) < 4.78 is 2.03. The number of hydrogen-bond acceptors (Lipinski definition) is 3. The lowest BCUT2D eigenvalue weighted by Crippen LogP contribution is -2.24. The van der Waals surface area contributed by atoms with Crippen molar-refractivity contribution >= 4 is 11.6 Å². The Labute approximate surface area is 154 Å². The Morgan fingerprint density at radius 2 is 1.65 bits per heavy atom. The predicted molar refractivity (Wildman–Crippen MR) is 105 cm³/mol. The average Bonchev–Trinajstić information content (AvgIpc) is 2.94. The van der Waals surface area contributed by atoms with E-state index in [0.717, 1.165) is 28.2 Å². The molecule has 0 saturated carbocycles. The van der Waals surface area contributed by atoms with Crippen LogP contribution in [0, 0.1) is 13.8 Å². The Bertz CT molecular complexity index is 880. The first-order valence-corrected chi connectivity index (χ1v) is 8.73. The van der Waals surface area contributed by atoms with E-state index in [-0.39, 0.29) is 12.5 Å². The van der Waals surface area contributed by atoms with Crippen LogP contribution in [0.15, 0.2) is 42.6 Å². The Kier molecular flexibility index (Phi) is 6.52. The fourth-order valence-corrected chi connectivity index (χ4v) is 2.61. The van der Waals surface area contributed by atoms with Gasteiger partial charge in [0.25, 0.3) is 0 Å². The summed E-state index contributed by atoms with van der Waals surface area (Å²) in [4.78, 5) is 18.6. The molecule has 0 fully saturated rings. The molecule has 1 aromatic carbocycles. The van der Waals surface area contributed by atoms with Crippen LogP contribution in [0.5, 0.6) is 0 Å². The third kappa shape index (κ3) is 4.49. The van der Waals surface area contributed by atoms with Gasteiger partial charge in [0.2, 0.25) is 5.91 Å². The summed E-state index contributed by atoms with van der Waals surface area (Å²) in [7, 11) is 3.56. The minimum absolute atomic E-state index is 0.0710. The molecule has 0 unspecified atom stereocenters. The molecule has 5 nitrogen and oxygen atoms in total. The van der Waals surface area contributed by atoms with E-state index in [4.69, 9.17) is 10.1 Å². The lowest BCUT2D eigenvalue weighted by Gasteiger charge is -2.11. The maximum absolute atomic E-state index is 12.3. The molecule has 5 heteroatoms. The van der Waals surface area contributed by atoms with Gasteiger partial charge in [-0.25, -0.2) is 4.98 Å². The third-order valence-corrected chi connectivity index (χ3v) is 4.01. The van der Waals surface area contributed by atoms with E-state index in [1.807, 2.05) is 29.7 Å². The second-order valence-electron chi connectivity index (χ2n) is 6.49. The lowest BCUT2D eigenvalue weighted by molar-refractivity contribution is -0.128. The quantitative estimate of drug-likeness (QED) is 0.786. The highest BCUT2D eigenvalue weighted by atomic mass is 16.2. The van der Waals surface area contributed by atoms with Gasteiger partial charge < -0.3 is 14.4 Å². The smallest absolute Gasteiger partial charge is 0.228 e. The number of imidazole rings is 1. The third-order valence-electron chi connectivity index (χ3n) is 4.01. The molecule has 0 aliphatic heterocycles. The number of rotatable bonds is 3. The summed E-state index contributed by atoms with van der Waals surface area (Å²) in [5, 5.41) is 7.57. The van der Waals surface area contributed by atoms with Crippen molar-refractivity contribution in [2.24, 2.45) is 0 Å². The molecule has 138 valence electrons. The second-order valence-corrected chi connectivity index (χ2v) is 6.49. The van der Waals surface area contributed by atoms with Crippen LogP contribution in [0.2, 0.25) is 0 Å². The van der Waals surface area contributed by atoms with Crippen molar-refractivity contribution in [3.05, 3.63) is 59.4 Å². The number of fused-ring (bicyclic) bond motifs is 1. The van der Waals surface area contributed by atoms with Crippen molar-refractivity contribution in [3.8, 4) is 11.3 Å². The normalized spacial score (nSPS) is 10.4. The van der Waals surface area contributed by atoms with Gasteiger partial charge in [0.1, 0.15) is 5.65 Å². The number of pyridine rings is 1. The number of aliphatic hydroxyl groups excluding tert-OH is 1. The van der Waals surface area contributed by atoms with E-state index >= 15 is 0 Å². The molecule has 0 saturated heterocycles. The molecule has 3 aromatic rings. The minimum atomic E-state index is 0.0710. The number of aromatic nitrogens is 2. The fraction of sp³-hybridized carbons (Fsp3) is 0.333. The van der Waals surface area contributed by atoms with E-state index in [0.29, 0.717) is 6.42 Å². The van der Waals surface area contributed by atoms with E-state index in [1.165, 1.54) is 5.56 Å². The van der Waals surface area contributed by atoms with Crippen LogP contribution in [-0.4, -0.2) is 46.0 Å². The zero-order valence-corrected chi connectivity index (χ0v) is 16.2. The Hall–Kier alpha value is -2.66. The standard InChI is InChI=1S/C19H21N3O.C2H6O/c1-13-5-8-15(9-6-13)19-16(11-18(23)21(3)4)22-12-14(2)7-10-17(22)20-19;1-2-3/h5-10,12H,11H2,1-4H3;3H,2H2,1H3. The van der Waals surface area contributed by atoms with Gasteiger partial charge in [0.05, 0.1) is 17.8 Å². The lowest BCUT2D eigenvalue weighted by atomic mass is 10.1. The van der Waals surface area contributed by atoms with Crippen LogP contribution in [-0.2, 0) is 11.2 Å². The molecule has 2 heterocycles. The number of nitrogens with zero attached hydrogens (tertiary/aromatic N) is 3. The van der Waals surface area contributed by atoms with Crippen molar-refractivity contribution in [2.75, 3.05) is 20.7 Å². The van der Waals surface area contributed by atoms with E-state index in [2.05, 4.69) is 31.2 Å². The molecule has 1 N–H and O–H groups in total. The topological polar surface area (TPSA) is 57.8 Å². The van der Waals surface area contributed by atoms with Gasteiger partial charge in [0, 0.05) is 32.5 Å². The van der Waals surface area contributed by atoms with E-state index < -0.39 is 0 Å². The molecule has 0 radical (unpaired) electrons. The number of carbonyl (C=O) groups is 1. The Morgan fingerprint density at radius 3 is 2.23 bits per heavy atom. The predicted octanol–water partition coefficient (Wildman–Crippen LogP) is 3.25. The van der Waals surface area contributed by atoms with Gasteiger partial charge in [-0.05, 0) is 32.4 Å². The molecule has 26 heavy (non-hydrogen) atoms. The van der Waals surface area contributed by atoms with Crippen molar-refractivity contribution in [1.82, 2.24) is 14.3 Å². The van der Waals surface area contributed by atoms with E-state index in [9.17, 15) is 4.79 Å². The van der Waals surface area contributed by atoms with Crippen LogP contribution in [0.1, 0.15) is 23.7 Å². The van der Waals surface area contributed by atoms with Gasteiger partial charge in [-0.15, -0.1) is 0 Å². The summed E-state index contributed by atoms with van der Waals surface area (Å²) in [6, 6.07) is 12.3. The van der Waals surface area contributed by atoms with Gasteiger partial charge in [-0.3, -0.25) is 4.79 Å². The summed E-state index contributed by atoms with van der Waals surface area (Å²) in [6.07, 6.45) is 2.37. The molecule has 3 rings (SSSR count). The molecule has 0 bridgehead atoms. The first-order valence-electron chi connectivity index (χ1n) is 8.73. The monoisotopic (exact) mass is 353 g/mol. The van der Waals surface area contributed by atoms with Crippen LogP contribution >= 0.6 is 0 Å². The van der Waals surface area contributed by atoms with Crippen LogP contribution in [0.3, 0.4) is 0 Å². The van der Waals surface area contributed by atoms with Gasteiger partial charge in [-0.2, -0.15) is 0 Å². The molecule has 0 aliphatic rings. The number of benzene rings is 1. The molecule has 1 amide bonds. The molecule has 0 spiro atoms. The highest BCUT2D eigenvalue weighted by molar-refractivity contribution is 5.81. The minimum Gasteiger partial charge on any atom is -0.397 e. The summed E-state index contributed by atoms with van der Waals surface area (Å²) in [6.45, 7) is 6.04. The number of aryl methyl sites for hydroxylation is 2. The number of likely N-dealkylation sites (N-methyl/N-ethyl adjacent to an activating group) is 1. The van der Waals surface area contributed by atoms with Crippen molar-refractivity contribution < 1.29 is 9.90 Å². The van der Waals surface area contributed by atoms with Crippen molar-refractivity contribution in [1.29, 1.82) is 0 Å². The van der Waals surface area contributed by atoms with Gasteiger partial charge in [0.15, 0.2) is 0 Å². The Morgan fingerprint density at radius 1 is 1.08 bits per heavy atom. The second kappa shape index (κ2) is 8.63. The molecular weight excluding hydrogens is 326 g/mol.